The predicted octanol–water partition coefficient (Wildman–Crippen LogP) is 1.05. The fourth-order valence-corrected chi connectivity index (χ4v) is 2.39. The summed E-state index contributed by atoms with van der Waals surface area (Å²) in [5.41, 5.74) is 4.04. The lowest BCUT2D eigenvalue weighted by Gasteiger charge is -2.05. The molecule has 0 aliphatic carbocycles. The van der Waals surface area contributed by atoms with Crippen molar-refractivity contribution >= 4 is 15.9 Å². The summed E-state index contributed by atoms with van der Waals surface area (Å²) < 4.78 is 22.4. The van der Waals surface area contributed by atoms with Gasteiger partial charge in [-0.25, -0.2) is 19.0 Å². The van der Waals surface area contributed by atoms with E-state index in [0.717, 1.165) is 16.7 Å². The lowest BCUT2D eigenvalue weighted by molar-refractivity contribution is -0.128. The van der Waals surface area contributed by atoms with Crippen molar-refractivity contribution in [2.45, 2.75) is 11.3 Å². The molecular formula is C14H14N2O4S. The van der Waals surface area contributed by atoms with Crippen molar-refractivity contribution in [2.24, 2.45) is 5.14 Å². The van der Waals surface area contributed by atoms with Crippen LogP contribution in [0.2, 0.25) is 0 Å². The second-order valence-corrected chi connectivity index (χ2v) is 6.04. The highest BCUT2D eigenvalue weighted by molar-refractivity contribution is 7.89. The molecule has 21 heavy (non-hydrogen) atoms. The number of benzene rings is 2. The highest BCUT2D eigenvalue weighted by atomic mass is 32.2. The van der Waals surface area contributed by atoms with E-state index in [0.29, 0.717) is 0 Å². The van der Waals surface area contributed by atoms with Gasteiger partial charge < -0.3 is 0 Å². The Hall–Kier alpha value is -2.22. The van der Waals surface area contributed by atoms with Crippen molar-refractivity contribution in [1.82, 2.24) is 5.48 Å². The SMILES string of the molecule is NS(=O)(=O)c1ccc(-c2ccc(CC(=O)NO)cc2)cc1. The first kappa shape index (κ1) is 15.2. The van der Waals surface area contributed by atoms with E-state index in [1.54, 1.807) is 29.7 Å². The van der Waals surface area contributed by atoms with Crippen molar-refractivity contribution in [3.63, 3.8) is 0 Å². The summed E-state index contributed by atoms with van der Waals surface area (Å²) in [5.74, 6) is -0.486. The number of carbonyl (C=O) groups is 1. The lowest BCUT2D eigenvalue weighted by Crippen LogP contribution is -2.20. The van der Waals surface area contributed by atoms with Gasteiger partial charge in [0.2, 0.25) is 15.9 Å². The Kier molecular flexibility index (Phi) is 4.37. The zero-order chi connectivity index (χ0) is 15.5. The quantitative estimate of drug-likeness (QED) is 0.579. The van der Waals surface area contributed by atoms with E-state index in [1.807, 2.05) is 12.1 Å². The summed E-state index contributed by atoms with van der Waals surface area (Å²) in [6.07, 6.45) is 0.0845. The topological polar surface area (TPSA) is 109 Å². The van der Waals surface area contributed by atoms with E-state index >= 15 is 0 Å². The fourth-order valence-electron chi connectivity index (χ4n) is 1.88. The molecule has 2 aromatic rings. The van der Waals surface area contributed by atoms with Gasteiger partial charge in [0.1, 0.15) is 0 Å². The highest BCUT2D eigenvalue weighted by Gasteiger charge is 2.07. The Morgan fingerprint density at radius 1 is 1.00 bits per heavy atom. The van der Waals surface area contributed by atoms with Crippen LogP contribution >= 0.6 is 0 Å². The molecule has 0 saturated heterocycles. The summed E-state index contributed by atoms with van der Waals surface area (Å²) in [5, 5.41) is 13.5. The first-order chi connectivity index (χ1) is 9.90. The highest BCUT2D eigenvalue weighted by Crippen LogP contribution is 2.21. The van der Waals surface area contributed by atoms with Crippen molar-refractivity contribution < 1.29 is 18.4 Å². The number of nitrogens with one attached hydrogen (secondary N) is 1. The number of hydroxylamine groups is 1. The number of hydrogen-bond donors (Lipinski definition) is 3. The number of amides is 1. The standard InChI is InChI=1S/C14H14N2O4S/c15-21(19,20)13-7-5-12(6-8-13)11-3-1-10(2-4-11)9-14(17)16-18/h1-8,18H,9H2,(H,16,17)(H2,15,19,20). The number of nitrogens with two attached hydrogens (primary N) is 1. The van der Waals surface area contributed by atoms with Crippen molar-refractivity contribution in [1.29, 1.82) is 0 Å². The summed E-state index contributed by atoms with van der Waals surface area (Å²) >= 11 is 0. The molecule has 1 amide bonds. The van der Waals surface area contributed by atoms with Crippen LogP contribution in [-0.4, -0.2) is 19.5 Å². The molecule has 0 unspecified atom stereocenters. The van der Waals surface area contributed by atoms with Gasteiger partial charge in [-0.15, -0.1) is 0 Å². The van der Waals surface area contributed by atoms with Crippen LogP contribution in [0.15, 0.2) is 53.4 Å². The molecule has 0 heterocycles. The molecule has 0 aromatic heterocycles. The number of sulfonamides is 1. The average Bonchev–Trinajstić information content (AvgIpc) is 2.47. The Bertz CT molecular complexity index is 738. The molecule has 0 bridgehead atoms. The summed E-state index contributed by atoms with van der Waals surface area (Å²) in [6.45, 7) is 0. The Morgan fingerprint density at radius 3 is 1.90 bits per heavy atom. The Labute approximate surface area is 122 Å². The maximum Gasteiger partial charge on any atom is 0.247 e. The van der Waals surface area contributed by atoms with Crippen molar-refractivity contribution in [3.8, 4) is 11.1 Å². The van der Waals surface area contributed by atoms with E-state index in [1.165, 1.54) is 12.1 Å². The minimum Gasteiger partial charge on any atom is -0.289 e. The van der Waals surface area contributed by atoms with Gasteiger partial charge in [0, 0.05) is 0 Å². The average molecular weight is 306 g/mol. The van der Waals surface area contributed by atoms with Crippen LogP contribution in [0.4, 0.5) is 0 Å². The summed E-state index contributed by atoms with van der Waals surface area (Å²) in [7, 11) is -3.69. The molecule has 0 spiro atoms. The van der Waals surface area contributed by atoms with Crippen LogP contribution < -0.4 is 10.6 Å². The van der Waals surface area contributed by atoms with Crippen LogP contribution in [0, 0.1) is 0 Å². The Morgan fingerprint density at radius 2 is 1.48 bits per heavy atom. The van der Waals surface area contributed by atoms with Crippen LogP contribution in [-0.2, 0) is 21.2 Å². The van der Waals surface area contributed by atoms with Crippen molar-refractivity contribution in [2.75, 3.05) is 0 Å². The minimum atomic E-state index is -3.69. The van der Waals surface area contributed by atoms with E-state index in [-0.39, 0.29) is 11.3 Å². The smallest absolute Gasteiger partial charge is 0.247 e. The molecule has 6 nitrogen and oxygen atoms in total. The van der Waals surface area contributed by atoms with Gasteiger partial charge in [0.25, 0.3) is 0 Å². The molecule has 0 atom stereocenters. The zero-order valence-corrected chi connectivity index (χ0v) is 11.8. The van der Waals surface area contributed by atoms with Gasteiger partial charge in [-0.3, -0.25) is 10.0 Å². The number of primary sulfonamides is 1. The van der Waals surface area contributed by atoms with Gasteiger partial charge >= 0.3 is 0 Å². The van der Waals surface area contributed by atoms with Gasteiger partial charge in [-0.1, -0.05) is 36.4 Å². The lowest BCUT2D eigenvalue weighted by atomic mass is 10.0. The van der Waals surface area contributed by atoms with Gasteiger partial charge in [-0.05, 0) is 28.8 Å². The predicted molar refractivity (Wildman–Crippen MR) is 76.9 cm³/mol. The molecule has 110 valence electrons. The van der Waals surface area contributed by atoms with E-state index < -0.39 is 15.9 Å². The van der Waals surface area contributed by atoms with Crippen LogP contribution in [0.25, 0.3) is 11.1 Å². The first-order valence-corrected chi connectivity index (χ1v) is 7.60. The molecule has 0 fully saturated rings. The molecule has 7 heteroatoms. The van der Waals surface area contributed by atoms with E-state index in [2.05, 4.69) is 0 Å². The molecule has 0 radical (unpaired) electrons. The molecule has 2 aromatic carbocycles. The third-order valence-corrected chi connectivity index (χ3v) is 3.89. The van der Waals surface area contributed by atoms with Gasteiger partial charge in [-0.2, -0.15) is 0 Å². The molecule has 4 N–H and O–H groups in total. The maximum atomic E-state index is 11.2. The molecule has 2 rings (SSSR count). The van der Waals surface area contributed by atoms with Crippen LogP contribution in [0.3, 0.4) is 0 Å². The fraction of sp³-hybridized carbons (Fsp3) is 0.0714. The number of rotatable bonds is 4. The molecular weight excluding hydrogens is 292 g/mol. The molecule has 0 saturated carbocycles. The van der Waals surface area contributed by atoms with Crippen LogP contribution in [0.1, 0.15) is 5.56 Å². The first-order valence-electron chi connectivity index (χ1n) is 6.05. The third-order valence-electron chi connectivity index (χ3n) is 2.96. The number of hydrogen-bond acceptors (Lipinski definition) is 4. The van der Waals surface area contributed by atoms with Gasteiger partial charge in [0.15, 0.2) is 0 Å². The van der Waals surface area contributed by atoms with Gasteiger partial charge in [0.05, 0.1) is 11.3 Å². The van der Waals surface area contributed by atoms with E-state index in [4.69, 9.17) is 10.3 Å². The summed E-state index contributed by atoms with van der Waals surface area (Å²) in [6, 6.07) is 13.4. The second-order valence-electron chi connectivity index (χ2n) is 4.48. The maximum absolute atomic E-state index is 11.2. The molecule has 0 aliphatic heterocycles. The minimum absolute atomic E-state index is 0.0579. The summed E-state index contributed by atoms with van der Waals surface area (Å²) in [4.78, 5) is 11.1. The van der Waals surface area contributed by atoms with Crippen molar-refractivity contribution in [3.05, 3.63) is 54.1 Å². The molecule has 0 aliphatic rings. The monoisotopic (exact) mass is 306 g/mol. The third kappa shape index (κ3) is 3.88. The zero-order valence-electron chi connectivity index (χ0n) is 11.0. The van der Waals surface area contributed by atoms with Crippen LogP contribution in [0.5, 0.6) is 0 Å². The second kappa shape index (κ2) is 6.04. The largest absolute Gasteiger partial charge is 0.289 e. The van der Waals surface area contributed by atoms with E-state index in [9.17, 15) is 13.2 Å². The number of carbonyl (C=O) groups excluding carboxylic acids is 1. The normalized spacial score (nSPS) is 11.1. The Balaban J connectivity index is 2.21.